The van der Waals surface area contributed by atoms with E-state index in [1.54, 1.807) is 0 Å². The zero-order valence-corrected chi connectivity index (χ0v) is 9.98. The molecule has 0 spiro atoms. The highest BCUT2D eigenvalue weighted by atomic mass is 16.5. The summed E-state index contributed by atoms with van der Waals surface area (Å²) in [5.41, 5.74) is 1.34. The molecule has 2 rings (SSSR count). The summed E-state index contributed by atoms with van der Waals surface area (Å²) in [7, 11) is 1.96. The molecule has 1 aliphatic rings. The lowest BCUT2D eigenvalue weighted by atomic mass is 10.1. The Balaban J connectivity index is 1.51. The van der Waals surface area contributed by atoms with Crippen molar-refractivity contribution in [1.29, 1.82) is 0 Å². The molecule has 16 heavy (non-hydrogen) atoms. The van der Waals surface area contributed by atoms with Crippen molar-refractivity contribution in [2.45, 2.75) is 31.7 Å². The van der Waals surface area contributed by atoms with Crippen LogP contribution in [0.3, 0.4) is 0 Å². The van der Waals surface area contributed by atoms with Crippen molar-refractivity contribution in [3.8, 4) is 0 Å². The number of rotatable bonds is 6. The van der Waals surface area contributed by atoms with Gasteiger partial charge in [-0.05, 0) is 37.8 Å². The van der Waals surface area contributed by atoms with Crippen molar-refractivity contribution in [3.05, 3.63) is 18.0 Å². The Hall–Kier alpha value is -0.870. The quantitative estimate of drug-likeness (QED) is 0.735. The monoisotopic (exact) mass is 223 g/mol. The van der Waals surface area contributed by atoms with Crippen molar-refractivity contribution >= 4 is 0 Å². The molecule has 1 aromatic rings. The molecule has 0 radical (unpaired) electrons. The third-order valence-corrected chi connectivity index (χ3v) is 3.01. The van der Waals surface area contributed by atoms with Crippen LogP contribution >= 0.6 is 0 Å². The van der Waals surface area contributed by atoms with Gasteiger partial charge in [-0.3, -0.25) is 4.68 Å². The first kappa shape index (κ1) is 11.6. The Kier molecular flexibility index (Phi) is 4.36. The molecule has 0 bridgehead atoms. The first-order chi connectivity index (χ1) is 7.84. The minimum Gasteiger partial charge on any atom is -0.380 e. The first-order valence-electron chi connectivity index (χ1n) is 6.13. The van der Waals surface area contributed by atoms with Gasteiger partial charge in [-0.1, -0.05) is 0 Å². The Labute approximate surface area is 97.0 Å². The molecule has 0 aliphatic carbocycles. The average Bonchev–Trinajstić information content (AvgIpc) is 2.89. The molecule has 0 amide bonds. The highest BCUT2D eigenvalue weighted by molar-refractivity contribution is 5.03. The van der Waals surface area contributed by atoms with Gasteiger partial charge >= 0.3 is 0 Å². The molecule has 1 aromatic heterocycles. The van der Waals surface area contributed by atoms with Gasteiger partial charge < -0.3 is 10.1 Å². The number of ether oxygens (including phenoxy) is 1. The van der Waals surface area contributed by atoms with Gasteiger partial charge in [-0.2, -0.15) is 5.10 Å². The van der Waals surface area contributed by atoms with Crippen LogP contribution in [0.5, 0.6) is 0 Å². The lowest BCUT2D eigenvalue weighted by Crippen LogP contribution is -2.29. The van der Waals surface area contributed by atoms with Crippen molar-refractivity contribution in [3.63, 3.8) is 0 Å². The van der Waals surface area contributed by atoms with E-state index in [9.17, 15) is 0 Å². The van der Waals surface area contributed by atoms with Gasteiger partial charge in [-0.15, -0.1) is 0 Å². The zero-order chi connectivity index (χ0) is 11.2. The number of aromatic nitrogens is 2. The zero-order valence-electron chi connectivity index (χ0n) is 9.98. The largest absolute Gasteiger partial charge is 0.380 e. The summed E-state index contributed by atoms with van der Waals surface area (Å²) in [6.45, 7) is 2.92. The summed E-state index contributed by atoms with van der Waals surface area (Å²) in [6, 6.07) is 0.596. The number of nitrogens with one attached hydrogen (secondary N) is 1. The van der Waals surface area contributed by atoms with Crippen LogP contribution in [0.25, 0.3) is 0 Å². The van der Waals surface area contributed by atoms with Gasteiger partial charge in [0.25, 0.3) is 0 Å². The lowest BCUT2D eigenvalue weighted by Gasteiger charge is -2.09. The number of aryl methyl sites for hydroxylation is 2. The van der Waals surface area contributed by atoms with Gasteiger partial charge in [0.1, 0.15) is 0 Å². The number of unbranched alkanes of at least 4 members (excludes halogenated alkanes) is 1. The highest BCUT2D eigenvalue weighted by Gasteiger charge is 2.13. The summed E-state index contributed by atoms with van der Waals surface area (Å²) < 4.78 is 7.18. The van der Waals surface area contributed by atoms with Crippen molar-refractivity contribution in [2.75, 3.05) is 19.8 Å². The van der Waals surface area contributed by atoms with E-state index in [0.717, 1.165) is 26.2 Å². The average molecular weight is 223 g/mol. The van der Waals surface area contributed by atoms with E-state index < -0.39 is 0 Å². The van der Waals surface area contributed by atoms with Crippen LogP contribution in [0.15, 0.2) is 12.4 Å². The summed E-state index contributed by atoms with van der Waals surface area (Å²) in [6.07, 6.45) is 8.81. The summed E-state index contributed by atoms with van der Waals surface area (Å²) in [5, 5.41) is 7.69. The fraction of sp³-hybridized carbons (Fsp3) is 0.750. The SMILES string of the molecule is Cn1cc(CCCCNC2CCOC2)cn1. The van der Waals surface area contributed by atoms with Gasteiger partial charge in [-0.25, -0.2) is 0 Å². The Morgan fingerprint density at radius 1 is 1.56 bits per heavy atom. The maximum atomic E-state index is 5.31. The van der Waals surface area contributed by atoms with E-state index >= 15 is 0 Å². The minimum absolute atomic E-state index is 0.596. The van der Waals surface area contributed by atoms with Gasteiger partial charge in [0, 0.05) is 25.9 Å². The number of hydrogen-bond acceptors (Lipinski definition) is 3. The van der Waals surface area contributed by atoms with Crippen molar-refractivity contribution < 1.29 is 4.74 Å². The fourth-order valence-corrected chi connectivity index (χ4v) is 2.06. The number of hydrogen-bond donors (Lipinski definition) is 1. The van der Waals surface area contributed by atoms with Crippen molar-refractivity contribution in [2.24, 2.45) is 7.05 Å². The summed E-state index contributed by atoms with van der Waals surface area (Å²) in [5.74, 6) is 0. The second-order valence-corrected chi connectivity index (χ2v) is 4.49. The third kappa shape index (κ3) is 3.61. The van der Waals surface area contributed by atoms with Gasteiger partial charge in [0.2, 0.25) is 0 Å². The molecular formula is C12H21N3O. The van der Waals surface area contributed by atoms with Crippen LogP contribution in [0.2, 0.25) is 0 Å². The second-order valence-electron chi connectivity index (χ2n) is 4.49. The molecular weight excluding hydrogens is 202 g/mol. The smallest absolute Gasteiger partial charge is 0.0620 e. The van der Waals surface area contributed by atoms with E-state index in [0.29, 0.717) is 6.04 Å². The molecule has 1 atom stereocenters. The second kappa shape index (κ2) is 6.01. The topological polar surface area (TPSA) is 39.1 Å². The van der Waals surface area contributed by atoms with Gasteiger partial charge in [0.15, 0.2) is 0 Å². The Morgan fingerprint density at radius 3 is 3.19 bits per heavy atom. The summed E-state index contributed by atoms with van der Waals surface area (Å²) >= 11 is 0. The first-order valence-corrected chi connectivity index (χ1v) is 6.13. The lowest BCUT2D eigenvalue weighted by molar-refractivity contribution is 0.190. The fourth-order valence-electron chi connectivity index (χ4n) is 2.06. The van der Waals surface area contributed by atoms with Crippen LogP contribution in [-0.4, -0.2) is 35.6 Å². The van der Waals surface area contributed by atoms with Crippen LogP contribution < -0.4 is 5.32 Å². The summed E-state index contributed by atoms with van der Waals surface area (Å²) in [4.78, 5) is 0. The van der Waals surface area contributed by atoms with Crippen molar-refractivity contribution in [1.82, 2.24) is 15.1 Å². The molecule has 90 valence electrons. The number of nitrogens with zero attached hydrogens (tertiary/aromatic N) is 2. The Morgan fingerprint density at radius 2 is 2.50 bits per heavy atom. The van der Waals surface area contributed by atoms with E-state index in [1.807, 2.05) is 17.9 Å². The third-order valence-electron chi connectivity index (χ3n) is 3.01. The van der Waals surface area contributed by atoms with E-state index in [1.165, 1.54) is 24.8 Å². The van der Waals surface area contributed by atoms with Crippen LogP contribution in [0, 0.1) is 0 Å². The maximum Gasteiger partial charge on any atom is 0.0620 e. The molecule has 1 N–H and O–H groups in total. The highest BCUT2D eigenvalue weighted by Crippen LogP contribution is 2.05. The molecule has 4 heteroatoms. The molecule has 1 unspecified atom stereocenters. The van der Waals surface area contributed by atoms with Crippen LogP contribution in [-0.2, 0) is 18.2 Å². The molecule has 1 aliphatic heterocycles. The maximum absolute atomic E-state index is 5.31. The van der Waals surface area contributed by atoms with Gasteiger partial charge in [0.05, 0.1) is 12.8 Å². The van der Waals surface area contributed by atoms with E-state index in [2.05, 4.69) is 16.6 Å². The normalized spacial score (nSPS) is 20.4. The van der Waals surface area contributed by atoms with E-state index in [4.69, 9.17) is 4.74 Å². The minimum atomic E-state index is 0.596. The Bertz CT molecular complexity index is 305. The molecule has 0 saturated carbocycles. The standard InChI is InChI=1S/C12H21N3O/c1-15-9-11(8-14-15)4-2-3-6-13-12-5-7-16-10-12/h8-9,12-13H,2-7,10H2,1H3. The van der Waals surface area contributed by atoms with Crippen LogP contribution in [0.4, 0.5) is 0 Å². The van der Waals surface area contributed by atoms with E-state index in [-0.39, 0.29) is 0 Å². The predicted molar refractivity (Wildman–Crippen MR) is 63.4 cm³/mol. The molecule has 1 fully saturated rings. The van der Waals surface area contributed by atoms with Crippen LogP contribution in [0.1, 0.15) is 24.8 Å². The predicted octanol–water partition coefficient (Wildman–Crippen LogP) is 1.12. The molecule has 1 saturated heterocycles. The molecule has 4 nitrogen and oxygen atoms in total. The molecule has 2 heterocycles. The molecule has 0 aromatic carbocycles.